The molecule has 26 heavy (non-hydrogen) atoms. The van der Waals surface area contributed by atoms with E-state index < -0.39 is 0 Å². The number of allylic oxidation sites excluding steroid dienone is 10. The number of amides is 1. The van der Waals surface area contributed by atoms with Gasteiger partial charge < -0.3 is 5.32 Å². The van der Waals surface area contributed by atoms with Crippen molar-refractivity contribution in [3.05, 3.63) is 84.1 Å². The highest BCUT2D eigenvalue weighted by molar-refractivity contribution is 5.77. The molecule has 0 fully saturated rings. The molecular formula is C24H35NO. The summed E-state index contributed by atoms with van der Waals surface area (Å²) in [6.07, 6.45) is 18.2. The lowest BCUT2D eigenvalue weighted by molar-refractivity contribution is -0.121. The molecule has 0 aromatic heterocycles. The standard InChI is InChI=1S/C24H35NO/c1-8-11-12-13-14-21(6)23(10-3)17-18-24(26)25-22(7)20(5)16-15-19(4)9-2/h9-16,22H,5-6,8,17-18H2,1-4,7H3,(H,25,26)/b12-11-,14-13-,16-15-,19-9-,23-10-. The van der Waals surface area contributed by atoms with E-state index in [1.165, 1.54) is 5.57 Å². The van der Waals surface area contributed by atoms with E-state index in [1.807, 2.05) is 70.2 Å². The fraction of sp³-hybridized carbons (Fsp3) is 0.375. The van der Waals surface area contributed by atoms with Crippen LogP contribution in [-0.4, -0.2) is 11.9 Å². The molecule has 0 aliphatic rings. The summed E-state index contributed by atoms with van der Waals surface area (Å²) < 4.78 is 0. The van der Waals surface area contributed by atoms with E-state index in [9.17, 15) is 4.79 Å². The van der Waals surface area contributed by atoms with Crippen molar-refractivity contribution >= 4 is 5.91 Å². The summed E-state index contributed by atoms with van der Waals surface area (Å²) in [6.45, 7) is 18.2. The zero-order chi connectivity index (χ0) is 19.9. The van der Waals surface area contributed by atoms with Gasteiger partial charge in [-0.2, -0.15) is 0 Å². The zero-order valence-electron chi connectivity index (χ0n) is 17.1. The highest BCUT2D eigenvalue weighted by Gasteiger charge is 2.10. The van der Waals surface area contributed by atoms with Crippen LogP contribution in [0, 0.1) is 0 Å². The normalized spacial score (nSPS) is 14.3. The van der Waals surface area contributed by atoms with Gasteiger partial charge in [-0.15, -0.1) is 0 Å². The van der Waals surface area contributed by atoms with Gasteiger partial charge in [0.15, 0.2) is 0 Å². The Labute approximate surface area is 160 Å². The van der Waals surface area contributed by atoms with Crippen molar-refractivity contribution in [2.24, 2.45) is 0 Å². The fourth-order valence-electron chi connectivity index (χ4n) is 2.12. The number of carbonyl (C=O) groups is 1. The number of nitrogens with one attached hydrogen (secondary N) is 1. The third kappa shape index (κ3) is 10.5. The van der Waals surface area contributed by atoms with Crippen molar-refractivity contribution < 1.29 is 4.79 Å². The molecule has 0 aromatic rings. The summed E-state index contributed by atoms with van der Waals surface area (Å²) in [5, 5.41) is 3.00. The van der Waals surface area contributed by atoms with Gasteiger partial charge in [0.1, 0.15) is 0 Å². The van der Waals surface area contributed by atoms with Crippen LogP contribution in [0.5, 0.6) is 0 Å². The van der Waals surface area contributed by atoms with Gasteiger partial charge in [0.05, 0.1) is 6.04 Å². The van der Waals surface area contributed by atoms with Gasteiger partial charge in [-0.3, -0.25) is 4.79 Å². The molecule has 0 spiro atoms. The Morgan fingerprint density at radius 3 is 2.31 bits per heavy atom. The zero-order valence-corrected chi connectivity index (χ0v) is 17.1. The first-order chi connectivity index (χ1) is 12.3. The van der Waals surface area contributed by atoms with E-state index in [0.29, 0.717) is 12.8 Å². The molecule has 1 amide bonds. The largest absolute Gasteiger partial charge is 0.350 e. The van der Waals surface area contributed by atoms with Crippen molar-refractivity contribution in [1.82, 2.24) is 5.32 Å². The Morgan fingerprint density at radius 1 is 1.04 bits per heavy atom. The van der Waals surface area contributed by atoms with E-state index in [2.05, 4.69) is 31.5 Å². The van der Waals surface area contributed by atoms with Crippen LogP contribution < -0.4 is 5.32 Å². The van der Waals surface area contributed by atoms with E-state index in [4.69, 9.17) is 0 Å². The van der Waals surface area contributed by atoms with Crippen molar-refractivity contribution in [3.8, 4) is 0 Å². The van der Waals surface area contributed by atoms with Gasteiger partial charge in [-0.1, -0.05) is 74.3 Å². The van der Waals surface area contributed by atoms with Crippen LogP contribution in [0.15, 0.2) is 84.1 Å². The van der Waals surface area contributed by atoms with Crippen LogP contribution in [0.3, 0.4) is 0 Å². The SMILES string of the molecule is C=C(/C=C\C=C/CC)/C(=C\C)CCC(=O)NC(C)C(=C)/C=C\C(C)=C/C. The van der Waals surface area contributed by atoms with Gasteiger partial charge in [0.25, 0.3) is 0 Å². The lowest BCUT2D eigenvalue weighted by Gasteiger charge is -2.15. The second-order valence-corrected chi connectivity index (χ2v) is 6.26. The van der Waals surface area contributed by atoms with Crippen LogP contribution in [0.4, 0.5) is 0 Å². The number of hydrogen-bond acceptors (Lipinski definition) is 1. The van der Waals surface area contributed by atoms with Gasteiger partial charge in [-0.05, 0) is 57.3 Å². The lowest BCUT2D eigenvalue weighted by atomic mass is 10.0. The summed E-state index contributed by atoms with van der Waals surface area (Å²) in [5.74, 6) is 0.0248. The average molecular weight is 354 g/mol. The molecule has 2 nitrogen and oxygen atoms in total. The summed E-state index contributed by atoms with van der Waals surface area (Å²) in [6, 6.07) is -0.0836. The summed E-state index contributed by atoms with van der Waals surface area (Å²) in [5.41, 5.74) is 4.10. The Morgan fingerprint density at radius 2 is 1.73 bits per heavy atom. The Kier molecular flexibility index (Phi) is 12.6. The lowest BCUT2D eigenvalue weighted by Crippen LogP contribution is -2.33. The third-order valence-electron chi connectivity index (χ3n) is 4.11. The third-order valence-corrected chi connectivity index (χ3v) is 4.11. The molecule has 142 valence electrons. The van der Waals surface area contributed by atoms with Gasteiger partial charge in [0.2, 0.25) is 5.91 Å². The topological polar surface area (TPSA) is 29.1 Å². The predicted molar refractivity (Wildman–Crippen MR) is 116 cm³/mol. The van der Waals surface area contributed by atoms with Gasteiger partial charge >= 0.3 is 0 Å². The maximum Gasteiger partial charge on any atom is 0.220 e. The molecule has 1 unspecified atom stereocenters. The highest BCUT2D eigenvalue weighted by Crippen LogP contribution is 2.16. The first-order valence-corrected chi connectivity index (χ1v) is 9.32. The molecule has 0 aliphatic carbocycles. The molecule has 0 radical (unpaired) electrons. The van der Waals surface area contributed by atoms with Crippen LogP contribution in [0.2, 0.25) is 0 Å². The molecule has 0 aliphatic heterocycles. The fourth-order valence-corrected chi connectivity index (χ4v) is 2.12. The van der Waals surface area contributed by atoms with Crippen LogP contribution >= 0.6 is 0 Å². The molecule has 2 heteroatoms. The van der Waals surface area contributed by atoms with E-state index in [-0.39, 0.29) is 11.9 Å². The first kappa shape index (κ1) is 23.7. The second-order valence-electron chi connectivity index (χ2n) is 6.26. The molecule has 0 heterocycles. The molecule has 0 aromatic carbocycles. The maximum atomic E-state index is 12.2. The average Bonchev–Trinajstić information content (AvgIpc) is 2.63. The number of hydrogen-bond donors (Lipinski definition) is 1. The predicted octanol–water partition coefficient (Wildman–Crippen LogP) is 6.37. The van der Waals surface area contributed by atoms with E-state index >= 15 is 0 Å². The second kappa shape index (κ2) is 13.9. The maximum absolute atomic E-state index is 12.2. The molecule has 0 bridgehead atoms. The summed E-state index contributed by atoms with van der Waals surface area (Å²) >= 11 is 0. The first-order valence-electron chi connectivity index (χ1n) is 9.32. The smallest absolute Gasteiger partial charge is 0.220 e. The van der Waals surface area contributed by atoms with Crippen LogP contribution in [0.1, 0.15) is 53.9 Å². The summed E-state index contributed by atoms with van der Waals surface area (Å²) in [7, 11) is 0. The molecule has 1 N–H and O–H groups in total. The summed E-state index contributed by atoms with van der Waals surface area (Å²) in [4.78, 5) is 12.2. The molecule has 1 atom stereocenters. The van der Waals surface area contributed by atoms with E-state index in [0.717, 1.165) is 23.1 Å². The van der Waals surface area contributed by atoms with Crippen molar-refractivity contribution in [2.45, 2.75) is 59.9 Å². The van der Waals surface area contributed by atoms with Gasteiger partial charge in [0, 0.05) is 6.42 Å². The molecule has 0 saturated carbocycles. The van der Waals surface area contributed by atoms with Crippen LogP contribution in [-0.2, 0) is 4.79 Å². The Bertz CT molecular complexity index is 627. The number of rotatable bonds is 11. The van der Waals surface area contributed by atoms with E-state index in [1.54, 1.807) is 0 Å². The quantitative estimate of drug-likeness (QED) is 0.429. The Hall–Kier alpha value is -2.35. The minimum absolute atomic E-state index is 0.0248. The molecule has 0 rings (SSSR count). The Balaban J connectivity index is 4.52. The van der Waals surface area contributed by atoms with Crippen molar-refractivity contribution in [2.75, 3.05) is 0 Å². The molecule has 0 saturated heterocycles. The monoisotopic (exact) mass is 353 g/mol. The van der Waals surface area contributed by atoms with Crippen molar-refractivity contribution in [1.29, 1.82) is 0 Å². The molecular weight excluding hydrogens is 318 g/mol. The van der Waals surface area contributed by atoms with Crippen LogP contribution in [0.25, 0.3) is 0 Å². The highest BCUT2D eigenvalue weighted by atomic mass is 16.1. The number of carbonyl (C=O) groups excluding carboxylic acids is 1. The van der Waals surface area contributed by atoms with Gasteiger partial charge in [-0.25, -0.2) is 0 Å². The minimum atomic E-state index is -0.0836. The van der Waals surface area contributed by atoms with Crippen molar-refractivity contribution in [3.63, 3.8) is 0 Å². The minimum Gasteiger partial charge on any atom is -0.350 e.